The zero-order chi connectivity index (χ0) is 17.7. The van der Waals surface area contributed by atoms with Crippen LogP contribution in [0.1, 0.15) is 24.2 Å². The quantitative estimate of drug-likeness (QED) is 0.538. The number of aromatic hydroxyl groups is 1. The van der Waals surface area contributed by atoms with E-state index in [0.29, 0.717) is 0 Å². The number of para-hydroxylation sites is 1. The number of esters is 1. The van der Waals surface area contributed by atoms with Gasteiger partial charge in [-0.25, -0.2) is 4.79 Å². The summed E-state index contributed by atoms with van der Waals surface area (Å²) in [6, 6.07) is 15.6. The number of aromatic nitrogens is 1. The Morgan fingerprint density at radius 1 is 1.04 bits per heavy atom. The number of nitrogens with zero attached hydrogens (tertiary/aromatic N) is 1. The molecule has 3 aromatic carbocycles. The molecule has 0 fully saturated rings. The molecule has 4 heteroatoms. The number of rotatable bonds is 2. The first-order chi connectivity index (χ1) is 12.0. The highest BCUT2D eigenvalue weighted by Gasteiger charge is 2.18. The fraction of sp³-hybridized carbons (Fsp3) is 0.190. The molecule has 0 saturated carbocycles. The van der Waals surface area contributed by atoms with Gasteiger partial charge in [0.05, 0.1) is 11.6 Å². The van der Waals surface area contributed by atoms with E-state index in [-0.39, 0.29) is 17.4 Å². The maximum absolute atomic E-state index is 12.2. The second kappa shape index (κ2) is 5.52. The van der Waals surface area contributed by atoms with Gasteiger partial charge in [-0.15, -0.1) is 0 Å². The number of carbonyl (C=O) groups is 1. The van der Waals surface area contributed by atoms with Crippen LogP contribution in [0.3, 0.4) is 0 Å². The molecule has 0 aliphatic heterocycles. The second-order valence-corrected chi connectivity index (χ2v) is 6.58. The average Bonchev–Trinajstić information content (AvgIpc) is 2.87. The van der Waals surface area contributed by atoms with Crippen molar-refractivity contribution in [2.45, 2.75) is 20.0 Å². The Hall–Kier alpha value is -3.01. The summed E-state index contributed by atoms with van der Waals surface area (Å²) in [5, 5.41) is 14.5. The molecule has 0 amide bonds. The Bertz CT molecular complexity index is 1140. The molecule has 4 nitrogen and oxygen atoms in total. The molecular formula is C21H19NO3. The Morgan fingerprint density at radius 3 is 2.56 bits per heavy atom. The summed E-state index contributed by atoms with van der Waals surface area (Å²) >= 11 is 0. The fourth-order valence-electron chi connectivity index (χ4n) is 3.48. The number of fused-ring (bicyclic) bond motifs is 5. The molecule has 0 radical (unpaired) electrons. The Morgan fingerprint density at radius 2 is 1.80 bits per heavy atom. The lowest BCUT2D eigenvalue weighted by molar-refractivity contribution is 0.0375. The predicted molar refractivity (Wildman–Crippen MR) is 100 cm³/mol. The van der Waals surface area contributed by atoms with Crippen molar-refractivity contribution in [1.29, 1.82) is 0 Å². The molecule has 0 spiro atoms. The van der Waals surface area contributed by atoms with E-state index in [1.54, 1.807) is 26.0 Å². The molecule has 1 aromatic heterocycles. The van der Waals surface area contributed by atoms with Crippen LogP contribution in [0.5, 0.6) is 5.75 Å². The van der Waals surface area contributed by atoms with E-state index >= 15 is 0 Å². The van der Waals surface area contributed by atoms with Crippen LogP contribution in [0.25, 0.3) is 32.6 Å². The number of phenols is 1. The third-order valence-electron chi connectivity index (χ3n) is 4.56. The molecule has 1 N–H and O–H groups in total. The van der Waals surface area contributed by atoms with Gasteiger partial charge in [0.1, 0.15) is 11.3 Å². The highest BCUT2D eigenvalue weighted by molar-refractivity contribution is 6.18. The second-order valence-electron chi connectivity index (χ2n) is 6.58. The summed E-state index contributed by atoms with van der Waals surface area (Å²) < 4.78 is 7.34. The van der Waals surface area contributed by atoms with Crippen LogP contribution >= 0.6 is 0 Å². The van der Waals surface area contributed by atoms with Crippen molar-refractivity contribution in [3.05, 3.63) is 54.1 Å². The van der Waals surface area contributed by atoms with Crippen molar-refractivity contribution in [2.75, 3.05) is 0 Å². The van der Waals surface area contributed by atoms with E-state index in [0.717, 1.165) is 27.2 Å². The van der Waals surface area contributed by atoms with Crippen molar-refractivity contribution in [3.8, 4) is 5.75 Å². The van der Waals surface area contributed by atoms with Crippen LogP contribution in [0.4, 0.5) is 0 Å². The molecule has 1 heterocycles. The van der Waals surface area contributed by atoms with E-state index in [9.17, 15) is 9.90 Å². The predicted octanol–water partition coefficient (Wildman–Crippen LogP) is 4.76. The molecule has 25 heavy (non-hydrogen) atoms. The molecule has 4 rings (SSSR count). The zero-order valence-electron chi connectivity index (χ0n) is 14.4. The Balaban J connectivity index is 2.03. The fourth-order valence-corrected chi connectivity index (χ4v) is 3.48. The first kappa shape index (κ1) is 15.5. The highest BCUT2D eigenvalue weighted by Crippen LogP contribution is 2.36. The number of hydrogen-bond donors (Lipinski definition) is 1. The summed E-state index contributed by atoms with van der Waals surface area (Å²) in [6.07, 6.45) is -0.233. The third-order valence-corrected chi connectivity index (χ3v) is 4.56. The van der Waals surface area contributed by atoms with Gasteiger partial charge in [0, 0.05) is 28.7 Å². The Labute approximate surface area is 145 Å². The van der Waals surface area contributed by atoms with Gasteiger partial charge >= 0.3 is 5.97 Å². The highest BCUT2D eigenvalue weighted by atomic mass is 16.5. The number of benzene rings is 3. The first-order valence-corrected chi connectivity index (χ1v) is 8.31. The molecule has 0 atom stereocenters. The number of hydrogen-bond acceptors (Lipinski definition) is 3. The van der Waals surface area contributed by atoms with Crippen LogP contribution in [0, 0.1) is 0 Å². The summed E-state index contributed by atoms with van der Waals surface area (Å²) in [5.41, 5.74) is 2.37. The summed E-state index contributed by atoms with van der Waals surface area (Å²) in [5.74, 6) is -0.567. The van der Waals surface area contributed by atoms with Crippen LogP contribution in [-0.4, -0.2) is 21.7 Å². The van der Waals surface area contributed by atoms with Gasteiger partial charge in [0.25, 0.3) is 0 Å². The maximum atomic E-state index is 12.2. The van der Waals surface area contributed by atoms with E-state index in [4.69, 9.17) is 4.74 Å². The van der Waals surface area contributed by atoms with Crippen molar-refractivity contribution >= 4 is 38.5 Å². The van der Waals surface area contributed by atoms with Crippen LogP contribution in [0.15, 0.2) is 48.5 Å². The molecule has 0 aliphatic rings. The van der Waals surface area contributed by atoms with E-state index in [1.165, 1.54) is 5.39 Å². The smallest absolute Gasteiger partial charge is 0.342 e. The number of phenolic OH excluding ortho intramolecular Hbond substituents is 1. The molecule has 0 unspecified atom stereocenters. The molecular weight excluding hydrogens is 314 g/mol. The minimum atomic E-state index is -0.508. The standard InChI is InChI=1S/C21H19NO3/c1-12(2)25-21(24)17-10-13-8-9-15-14-6-4-5-7-18(14)22(3)20(15)16(13)11-19(17)23/h4-12,23H,1-3H3. The molecule has 0 aliphatic carbocycles. The van der Waals surface area contributed by atoms with Crippen LogP contribution in [0.2, 0.25) is 0 Å². The van der Waals surface area contributed by atoms with E-state index < -0.39 is 5.97 Å². The van der Waals surface area contributed by atoms with E-state index in [2.05, 4.69) is 22.8 Å². The van der Waals surface area contributed by atoms with Crippen LogP contribution in [-0.2, 0) is 11.8 Å². The number of carbonyl (C=O) groups excluding carboxylic acids is 1. The van der Waals surface area contributed by atoms with Gasteiger partial charge in [-0.05, 0) is 37.4 Å². The van der Waals surface area contributed by atoms with Crippen LogP contribution < -0.4 is 0 Å². The maximum Gasteiger partial charge on any atom is 0.342 e. The van der Waals surface area contributed by atoms with Crippen molar-refractivity contribution in [3.63, 3.8) is 0 Å². The van der Waals surface area contributed by atoms with Crippen molar-refractivity contribution in [2.24, 2.45) is 7.05 Å². The molecule has 126 valence electrons. The average molecular weight is 333 g/mol. The summed E-state index contributed by atoms with van der Waals surface area (Å²) in [4.78, 5) is 12.2. The normalized spacial score (nSPS) is 11.7. The first-order valence-electron chi connectivity index (χ1n) is 8.31. The number of aryl methyl sites for hydroxylation is 1. The van der Waals surface area contributed by atoms with E-state index in [1.807, 2.05) is 25.2 Å². The number of ether oxygens (including phenoxy) is 1. The summed E-state index contributed by atoms with van der Waals surface area (Å²) in [7, 11) is 2.02. The minimum absolute atomic E-state index is 0.0593. The SMILES string of the molecule is CC(C)OC(=O)c1cc2ccc3c4ccccc4n(C)c3c2cc1O. The van der Waals surface area contributed by atoms with Gasteiger partial charge in [0.15, 0.2) is 0 Å². The third kappa shape index (κ3) is 2.33. The molecule has 0 saturated heterocycles. The topological polar surface area (TPSA) is 51.5 Å². The van der Waals surface area contributed by atoms with Gasteiger partial charge in [-0.1, -0.05) is 30.3 Å². The largest absolute Gasteiger partial charge is 0.507 e. The Kier molecular flexibility index (Phi) is 3.42. The monoisotopic (exact) mass is 333 g/mol. The zero-order valence-corrected chi connectivity index (χ0v) is 14.4. The lowest BCUT2D eigenvalue weighted by Crippen LogP contribution is -2.11. The summed E-state index contributed by atoms with van der Waals surface area (Å²) in [6.45, 7) is 3.57. The van der Waals surface area contributed by atoms with Gasteiger partial charge in [0.2, 0.25) is 0 Å². The lowest BCUT2D eigenvalue weighted by atomic mass is 10.0. The van der Waals surface area contributed by atoms with Gasteiger partial charge < -0.3 is 14.4 Å². The van der Waals surface area contributed by atoms with Gasteiger partial charge in [-0.3, -0.25) is 0 Å². The molecule has 4 aromatic rings. The van der Waals surface area contributed by atoms with Crippen molar-refractivity contribution < 1.29 is 14.6 Å². The molecule has 0 bridgehead atoms. The van der Waals surface area contributed by atoms with Crippen molar-refractivity contribution in [1.82, 2.24) is 4.57 Å². The minimum Gasteiger partial charge on any atom is -0.507 e. The van der Waals surface area contributed by atoms with Gasteiger partial charge in [-0.2, -0.15) is 0 Å². The lowest BCUT2D eigenvalue weighted by Gasteiger charge is -2.11.